The first-order valence-corrected chi connectivity index (χ1v) is 5.58. The first kappa shape index (κ1) is 10.9. The van der Waals surface area contributed by atoms with Gasteiger partial charge in [-0.05, 0) is 25.3 Å². The molecule has 0 N–H and O–H groups in total. The smallest absolute Gasteiger partial charge is 0.246 e. The van der Waals surface area contributed by atoms with E-state index >= 15 is 0 Å². The van der Waals surface area contributed by atoms with Crippen LogP contribution in [-0.4, -0.2) is 38.4 Å². The minimum Gasteiger partial charge on any atom is -0.334 e. The van der Waals surface area contributed by atoms with E-state index in [0.29, 0.717) is 0 Å². The molecular formula is C11H16N4O. The summed E-state index contributed by atoms with van der Waals surface area (Å²) in [6, 6.07) is 0.223. The summed E-state index contributed by atoms with van der Waals surface area (Å²) in [5.74, 6) is 0.0183. The largest absolute Gasteiger partial charge is 0.334 e. The fraction of sp³-hybridized carbons (Fsp3) is 0.545. The number of rotatable bonds is 3. The van der Waals surface area contributed by atoms with Crippen molar-refractivity contribution in [2.24, 2.45) is 0 Å². The van der Waals surface area contributed by atoms with E-state index in [1.165, 1.54) is 12.5 Å². The Balaban J connectivity index is 2.04. The maximum atomic E-state index is 11.7. The zero-order valence-corrected chi connectivity index (χ0v) is 9.25. The highest BCUT2D eigenvalue weighted by Gasteiger charge is 2.25. The van der Waals surface area contributed by atoms with E-state index < -0.39 is 0 Å². The zero-order valence-electron chi connectivity index (χ0n) is 9.25. The Labute approximate surface area is 94.7 Å². The van der Waals surface area contributed by atoms with Crippen LogP contribution in [0.4, 0.5) is 0 Å². The highest BCUT2D eigenvalue weighted by Crippen LogP contribution is 2.18. The van der Waals surface area contributed by atoms with Gasteiger partial charge in [0.2, 0.25) is 5.91 Å². The SMILES string of the molecule is C=CC(=O)N1CCCCC1Cn1ccnn1. The second kappa shape index (κ2) is 4.92. The Morgan fingerprint density at radius 3 is 3.12 bits per heavy atom. The number of carbonyl (C=O) groups excluding carboxylic acids is 1. The molecule has 1 aromatic rings. The van der Waals surface area contributed by atoms with E-state index in [-0.39, 0.29) is 11.9 Å². The van der Waals surface area contributed by atoms with Gasteiger partial charge in [-0.3, -0.25) is 9.48 Å². The minimum absolute atomic E-state index is 0.0183. The predicted molar refractivity (Wildman–Crippen MR) is 59.6 cm³/mol. The molecule has 16 heavy (non-hydrogen) atoms. The molecular weight excluding hydrogens is 204 g/mol. The highest BCUT2D eigenvalue weighted by molar-refractivity contribution is 5.87. The Morgan fingerprint density at radius 1 is 1.56 bits per heavy atom. The number of hydrogen-bond acceptors (Lipinski definition) is 3. The molecule has 1 unspecified atom stereocenters. The van der Waals surface area contributed by atoms with Gasteiger partial charge in [0, 0.05) is 12.7 Å². The Kier molecular flexibility index (Phi) is 3.34. The second-order valence-electron chi connectivity index (χ2n) is 4.01. The van der Waals surface area contributed by atoms with Crippen LogP contribution in [0.1, 0.15) is 19.3 Å². The lowest BCUT2D eigenvalue weighted by Crippen LogP contribution is -2.45. The molecule has 0 aliphatic carbocycles. The third-order valence-corrected chi connectivity index (χ3v) is 2.95. The number of nitrogens with zero attached hydrogens (tertiary/aromatic N) is 4. The Hall–Kier alpha value is -1.65. The van der Waals surface area contributed by atoms with Crippen LogP contribution in [0.5, 0.6) is 0 Å². The van der Waals surface area contributed by atoms with Crippen molar-refractivity contribution in [3.63, 3.8) is 0 Å². The molecule has 0 saturated carbocycles. The fourth-order valence-corrected chi connectivity index (χ4v) is 2.14. The van der Waals surface area contributed by atoms with Gasteiger partial charge < -0.3 is 4.90 Å². The molecule has 1 fully saturated rings. The van der Waals surface area contributed by atoms with Gasteiger partial charge in [0.25, 0.3) is 0 Å². The van der Waals surface area contributed by atoms with Gasteiger partial charge in [-0.25, -0.2) is 0 Å². The molecule has 0 radical (unpaired) electrons. The number of carbonyl (C=O) groups is 1. The summed E-state index contributed by atoms with van der Waals surface area (Å²) >= 11 is 0. The molecule has 0 spiro atoms. The zero-order chi connectivity index (χ0) is 11.4. The number of aromatic nitrogens is 3. The number of amides is 1. The van der Waals surface area contributed by atoms with Gasteiger partial charge in [0.1, 0.15) is 0 Å². The van der Waals surface area contributed by atoms with Gasteiger partial charge in [0.05, 0.1) is 18.8 Å². The van der Waals surface area contributed by atoms with Crippen molar-refractivity contribution in [2.75, 3.05) is 6.54 Å². The van der Waals surface area contributed by atoms with Crippen LogP contribution in [0.15, 0.2) is 25.0 Å². The molecule has 1 atom stereocenters. The van der Waals surface area contributed by atoms with Crippen molar-refractivity contribution in [1.82, 2.24) is 19.9 Å². The van der Waals surface area contributed by atoms with Gasteiger partial charge in [-0.1, -0.05) is 11.8 Å². The summed E-state index contributed by atoms with van der Waals surface area (Å²) < 4.78 is 1.78. The summed E-state index contributed by atoms with van der Waals surface area (Å²) in [4.78, 5) is 13.6. The number of hydrogen-bond donors (Lipinski definition) is 0. The topological polar surface area (TPSA) is 51.0 Å². The number of piperidine rings is 1. The van der Waals surface area contributed by atoms with E-state index in [1.807, 2.05) is 11.1 Å². The minimum atomic E-state index is 0.0183. The van der Waals surface area contributed by atoms with Crippen LogP contribution in [0.3, 0.4) is 0 Å². The van der Waals surface area contributed by atoms with Crippen molar-refractivity contribution in [3.05, 3.63) is 25.0 Å². The molecule has 1 amide bonds. The second-order valence-corrected chi connectivity index (χ2v) is 4.01. The van der Waals surface area contributed by atoms with Crippen molar-refractivity contribution >= 4 is 5.91 Å². The van der Waals surface area contributed by atoms with Crippen LogP contribution < -0.4 is 0 Å². The van der Waals surface area contributed by atoms with Crippen molar-refractivity contribution in [3.8, 4) is 0 Å². The van der Waals surface area contributed by atoms with Crippen LogP contribution in [0, 0.1) is 0 Å². The Bertz CT molecular complexity index is 360. The summed E-state index contributed by atoms with van der Waals surface area (Å²) in [6.07, 6.45) is 8.14. The maximum absolute atomic E-state index is 11.7. The first-order chi connectivity index (χ1) is 7.81. The van der Waals surface area contributed by atoms with E-state index in [4.69, 9.17) is 0 Å². The fourth-order valence-electron chi connectivity index (χ4n) is 2.14. The van der Waals surface area contributed by atoms with Crippen molar-refractivity contribution in [1.29, 1.82) is 0 Å². The van der Waals surface area contributed by atoms with E-state index in [0.717, 1.165) is 25.9 Å². The normalized spacial score (nSPS) is 20.8. The molecule has 2 heterocycles. The molecule has 0 bridgehead atoms. The third-order valence-electron chi connectivity index (χ3n) is 2.95. The van der Waals surface area contributed by atoms with Crippen LogP contribution in [0.25, 0.3) is 0 Å². The highest BCUT2D eigenvalue weighted by atomic mass is 16.2. The van der Waals surface area contributed by atoms with Gasteiger partial charge in [-0.15, -0.1) is 5.10 Å². The van der Waals surface area contributed by atoms with Crippen LogP contribution >= 0.6 is 0 Å². The standard InChI is InChI=1S/C11H16N4O/c1-2-11(16)15-7-4-3-5-10(15)9-14-8-6-12-13-14/h2,6,8,10H,1,3-5,7,9H2. The average Bonchev–Trinajstić information content (AvgIpc) is 2.82. The average molecular weight is 220 g/mol. The van der Waals surface area contributed by atoms with Gasteiger partial charge in [-0.2, -0.15) is 0 Å². The summed E-state index contributed by atoms with van der Waals surface area (Å²) in [6.45, 7) is 5.09. The van der Waals surface area contributed by atoms with Crippen LogP contribution in [0.2, 0.25) is 0 Å². The summed E-state index contributed by atoms with van der Waals surface area (Å²) in [5, 5.41) is 7.70. The summed E-state index contributed by atoms with van der Waals surface area (Å²) in [5.41, 5.74) is 0. The molecule has 2 rings (SSSR count). The Morgan fingerprint density at radius 2 is 2.44 bits per heavy atom. The molecule has 5 heteroatoms. The third kappa shape index (κ3) is 2.29. The molecule has 1 aromatic heterocycles. The van der Waals surface area contributed by atoms with Crippen molar-refractivity contribution < 1.29 is 4.79 Å². The first-order valence-electron chi connectivity index (χ1n) is 5.58. The molecule has 1 aliphatic rings. The monoisotopic (exact) mass is 220 g/mol. The summed E-state index contributed by atoms with van der Waals surface area (Å²) in [7, 11) is 0. The van der Waals surface area contributed by atoms with Gasteiger partial charge >= 0.3 is 0 Å². The number of likely N-dealkylation sites (tertiary alicyclic amines) is 1. The lowest BCUT2D eigenvalue weighted by atomic mass is 10.0. The lowest BCUT2D eigenvalue weighted by Gasteiger charge is -2.34. The molecule has 1 aliphatic heterocycles. The lowest BCUT2D eigenvalue weighted by molar-refractivity contribution is -0.129. The predicted octanol–water partition coefficient (Wildman–Crippen LogP) is 0.845. The van der Waals surface area contributed by atoms with E-state index in [2.05, 4.69) is 16.9 Å². The molecule has 1 saturated heterocycles. The molecule has 86 valence electrons. The van der Waals surface area contributed by atoms with Crippen molar-refractivity contribution in [2.45, 2.75) is 31.8 Å². The van der Waals surface area contributed by atoms with Gasteiger partial charge in [0.15, 0.2) is 0 Å². The molecule has 0 aromatic carbocycles. The quantitative estimate of drug-likeness (QED) is 0.709. The molecule has 5 nitrogen and oxygen atoms in total. The van der Waals surface area contributed by atoms with E-state index in [1.54, 1.807) is 10.9 Å². The van der Waals surface area contributed by atoms with E-state index in [9.17, 15) is 4.79 Å². The maximum Gasteiger partial charge on any atom is 0.246 e. The van der Waals surface area contributed by atoms with Crippen LogP contribution in [-0.2, 0) is 11.3 Å².